The zero-order valence-electron chi connectivity index (χ0n) is 8.66. The van der Waals surface area contributed by atoms with Crippen molar-refractivity contribution < 1.29 is 9.53 Å². The highest BCUT2D eigenvalue weighted by Gasteiger charge is 2.14. The van der Waals surface area contributed by atoms with Crippen LogP contribution in [0.15, 0.2) is 22.8 Å². The van der Waals surface area contributed by atoms with Crippen LogP contribution in [0.3, 0.4) is 0 Å². The lowest BCUT2D eigenvalue weighted by Crippen LogP contribution is -2.28. The Hall–Kier alpha value is -1.10. The standard InChI is InChI=1S/C10H13BrN2O2/c1-3-15-10(14)7(2)13-9-8(11)5-4-6-12-9/h4-7H,3H2,1-2H3,(H,12,13). The van der Waals surface area contributed by atoms with E-state index < -0.39 is 6.04 Å². The maximum atomic E-state index is 11.3. The van der Waals surface area contributed by atoms with E-state index in [1.807, 2.05) is 12.1 Å². The number of nitrogens with zero attached hydrogens (tertiary/aromatic N) is 1. The summed E-state index contributed by atoms with van der Waals surface area (Å²) in [6.07, 6.45) is 1.66. The number of carbonyl (C=O) groups excluding carboxylic acids is 1. The van der Waals surface area contributed by atoms with Crippen LogP contribution in [0.2, 0.25) is 0 Å². The van der Waals surface area contributed by atoms with Crippen LogP contribution in [-0.4, -0.2) is 23.6 Å². The molecule has 0 aliphatic heterocycles. The van der Waals surface area contributed by atoms with Gasteiger partial charge in [0.05, 0.1) is 11.1 Å². The molecule has 0 bridgehead atoms. The molecule has 1 aromatic rings. The van der Waals surface area contributed by atoms with E-state index in [2.05, 4.69) is 26.2 Å². The molecule has 0 aromatic carbocycles. The number of anilines is 1. The zero-order chi connectivity index (χ0) is 11.3. The molecular weight excluding hydrogens is 260 g/mol. The Bertz CT molecular complexity index is 344. The van der Waals surface area contributed by atoms with Crippen LogP contribution in [0, 0.1) is 0 Å². The molecule has 0 amide bonds. The average molecular weight is 273 g/mol. The second kappa shape index (κ2) is 5.70. The number of esters is 1. The second-order valence-corrected chi connectivity index (χ2v) is 3.81. The molecule has 0 fully saturated rings. The van der Waals surface area contributed by atoms with E-state index in [0.29, 0.717) is 12.4 Å². The van der Waals surface area contributed by atoms with Gasteiger partial charge in [0.25, 0.3) is 0 Å². The van der Waals surface area contributed by atoms with Crippen molar-refractivity contribution in [3.8, 4) is 0 Å². The van der Waals surface area contributed by atoms with E-state index in [0.717, 1.165) is 4.47 Å². The highest BCUT2D eigenvalue weighted by molar-refractivity contribution is 9.10. The number of nitrogens with one attached hydrogen (secondary N) is 1. The van der Waals surface area contributed by atoms with Crippen LogP contribution in [-0.2, 0) is 9.53 Å². The largest absolute Gasteiger partial charge is 0.464 e. The molecule has 1 unspecified atom stereocenters. The number of rotatable bonds is 4. The molecule has 1 heterocycles. The Morgan fingerprint density at radius 2 is 2.47 bits per heavy atom. The molecule has 4 nitrogen and oxygen atoms in total. The van der Waals surface area contributed by atoms with Crippen LogP contribution >= 0.6 is 15.9 Å². The van der Waals surface area contributed by atoms with Gasteiger partial charge in [-0.2, -0.15) is 0 Å². The Morgan fingerprint density at radius 3 is 3.07 bits per heavy atom. The van der Waals surface area contributed by atoms with E-state index in [9.17, 15) is 4.79 Å². The van der Waals surface area contributed by atoms with Gasteiger partial charge in [0.2, 0.25) is 0 Å². The molecule has 15 heavy (non-hydrogen) atoms. The summed E-state index contributed by atoms with van der Waals surface area (Å²) in [7, 11) is 0. The molecule has 0 radical (unpaired) electrons. The summed E-state index contributed by atoms with van der Waals surface area (Å²) in [5, 5.41) is 2.96. The smallest absolute Gasteiger partial charge is 0.328 e. The SMILES string of the molecule is CCOC(=O)C(C)Nc1ncccc1Br. The van der Waals surface area contributed by atoms with E-state index >= 15 is 0 Å². The minimum Gasteiger partial charge on any atom is -0.464 e. The highest BCUT2D eigenvalue weighted by Crippen LogP contribution is 2.19. The van der Waals surface area contributed by atoms with Crippen molar-refractivity contribution in [3.63, 3.8) is 0 Å². The van der Waals surface area contributed by atoms with Gasteiger partial charge < -0.3 is 10.1 Å². The van der Waals surface area contributed by atoms with Crippen molar-refractivity contribution in [2.75, 3.05) is 11.9 Å². The van der Waals surface area contributed by atoms with Crippen LogP contribution < -0.4 is 5.32 Å². The third-order valence-electron chi connectivity index (χ3n) is 1.75. The summed E-state index contributed by atoms with van der Waals surface area (Å²) < 4.78 is 5.69. The van der Waals surface area contributed by atoms with Crippen molar-refractivity contribution in [1.29, 1.82) is 0 Å². The average Bonchev–Trinajstić information content (AvgIpc) is 2.21. The number of aromatic nitrogens is 1. The summed E-state index contributed by atoms with van der Waals surface area (Å²) in [4.78, 5) is 15.4. The van der Waals surface area contributed by atoms with Gasteiger partial charge in [0.1, 0.15) is 11.9 Å². The van der Waals surface area contributed by atoms with Crippen molar-refractivity contribution in [1.82, 2.24) is 4.98 Å². The molecular formula is C10H13BrN2O2. The minimum atomic E-state index is -0.406. The van der Waals surface area contributed by atoms with E-state index in [1.165, 1.54) is 0 Å². The van der Waals surface area contributed by atoms with Crippen LogP contribution in [0.5, 0.6) is 0 Å². The summed E-state index contributed by atoms with van der Waals surface area (Å²) in [6, 6.07) is 3.26. The fourth-order valence-electron chi connectivity index (χ4n) is 1.02. The fraction of sp³-hybridized carbons (Fsp3) is 0.400. The van der Waals surface area contributed by atoms with Crippen molar-refractivity contribution in [2.24, 2.45) is 0 Å². The van der Waals surface area contributed by atoms with Crippen LogP contribution in [0.1, 0.15) is 13.8 Å². The molecule has 0 aliphatic carbocycles. The minimum absolute atomic E-state index is 0.282. The van der Waals surface area contributed by atoms with Gasteiger partial charge in [-0.15, -0.1) is 0 Å². The molecule has 0 aliphatic rings. The molecule has 1 N–H and O–H groups in total. The molecule has 0 spiro atoms. The summed E-state index contributed by atoms with van der Waals surface area (Å²) in [6.45, 7) is 3.90. The van der Waals surface area contributed by atoms with Crippen molar-refractivity contribution in [2.45, 2.75) is 19.9 Å². The van der Waals surface area contributed by atoms with E-state index in [4.69, 9.17) is 4.74 Å². The quantitative estimate of drug-likeness (QED) is 0.854. The topological polar surface area (TPSA) is 51.2 Å². The summed E-state index contributed by atoms with van der Waals surface area (Å²) in [5.41, 5.74) is 0. The first-order chi connectivity index (χ1) is 7.15. The van der Waals surface area contributed by atoms with Crippen LogP contribution in [0.4, 0.5) is 5.82 Å². The second-order valence-electron chi connectivity index (χ2n) is 2.95. The normalized spacial score (nSPS) is 11.9. The number of hydrogen-bond donors (Lipinski definition) is 1. The first kappa shape index (κ1) is 12.0. The van der Waals surface area contributed by atoms with Gasteiger partial charge in [-0.25, -0.2) is 9.78 Å². The van der Waals surface area contributed by atoms with Crippen molar-refractivity contribution in [3.05, 3.63) is 22.8 Å². The Morgan fingerprint density at radius 1 is 1.73 bits per heavy atom. The van der Waals surface area contributed by atoms with E-state index in [-0.39, 0.29) is 5.97 Å². The lowest BCUT2D eigenvalue weighted by atomic mass is 10.3. The molecule has 1 atom stereocenters. The molecule has 0 saturated carbocycles. The molecule has 1 aromatic heterocycles. The zero-order valence-corrected chi connectivity index (χ0v) is 10.2. The van der Waals surface area contributed by atoms with Gasteiger partial charge in [-0.1, -0.05) is 0 Å². The monoisotopic (exact) mass is 272 g/mol. The number of hydrogen-bond acceptors (Lipinski definition) is 4. The lowest BCUT2D eigenvalue weighted by Gasteiger charge is -2.13. The fourth-order valence-corrected chi connectivity index (χ4v) is 1.39. The number of pyridine rings is 1. The van der Waals surface area contributed by atoms with Gasteiger partial charge in [-0.05, 0) is 41.9 Å². The molecule has 82 valence electrons. The lowest BCUT2D eigenvalue weighted by molar-refractivity contribution is -0.143. The van der Waals surface area contributed by atoms with Crippen molar-refractivity contribution >= 4 is 27.7 Å². The highest BCUT2D eigenvalue weighted by atomic mass is 79.9. The van der Waals surface area contributed by atoms with Gasteiger partial charge in [0.15, 0.2) is 0 Å². The van der Waals surface area contributed by atoms with Gasteiger partial charge >= 0.3 is 5.97 Å². The third-order valence-corrected chi connectivity index (χ3v) is 2.39. The van der Waals surface area contributed by atoms with Crippen LogP contribution in [0.25, 0.3) is 0 Å². The maximum Gasteiger partial charge on any atom is 0.328 e. The predicted molar refractivity (Wildman–Crippen MR) is 61.7 cm³/mol. The summed E-state index contributed by atoms with van der Waals surface area (Å²) in [5.74, 6) is 0.355. The van der Waals surface area contributed by atoms with Gasteiger partial charge in [-0.3, -0.25) is 0 Å². The predicted octanol–water partition coefficient (Wildman–Crippen LogP) is 2.21. The first-order valence-electron chi connectivity index (χ1n) is 4.68. The molecule has 1 rings (SSSR count). The Labute approximate surface area is 97.2 Å². The first-order valence-corrected chi connectivity index (χ1v) is 5.48. The van der Waals surface area contributed by atoms with E-state index in [1.54, 1.807) is 20.0 Å². The summed E-state index contributed by atoms with van der Waals surface area (Å²) >= 11 is 3.34. The number of ether oxygens (including phenoxy) is 1. The maximum absolute atomic E-state index is 11.3. The number of halogens is 1. The number of carbonyl (C=O) groups is 1. The Kier molecular flexibility index (Phi) is 4.55. The molecule has 5 heteroatoms. The molecule has 0 saturated heterocycles. The Balaban J connectivity index is 2.62. The van der Waals surface area contributed by atoms with Gasteiger partial charge in [0, 0.05) is 6.20 Å². The third kappa shape index (κ3) is 3.51.